The van der Waals surface area contributed by atoms with Gasteiger partial charge in [-0.15, -0.1) is 0 Å². The fourth-order valence-electron chi connectivity index (χ4n) is 2.90. The van der Waals surface area contributed by atoms with E-state index in [-0.39, 0.29) is 0 Å². The molecular formula is C10H18. The molecule has 0 N–H and O–H groups in total. The predicted octanol–water partition coefficient (Wildman–Crippen LogP) is 3.37. The summed E-state index contributed by atoms with van der Waals surface area (Å²) in [5.74, 6) is 1.04. The van der Waals surface area contributed by atoms with Crippen molar-refractivity contribution in [2.24, 2.45) is 11.3 Å². The first-order valence-corrected chi connectivity index (χ1v) is 4.81. The molecule has 0 aromatic carbocycles. The standard InChI is InChI=1S/C10H18/c1-9-4-2-5-10(8-9)6-3-7-10/h9H,2-8H2,1H3. The third kappa shape index (κ3) is 0.980. The molecule has 0 heterocycles. The van der Waals surface area contributed by atoms with E-state index in [2.05, 4.69) is 6.92 Å². The fourth-order valence-corrected chi connectivity index (χ4v) is 2.90. The average Bonchev–Trinajstić information content (AvgIpc) is 1.85. The van der Waals surface area contributed by atoms with Crippen LogP contribution in [0.4, 0.5) is 0 Å². The van der Waals surface area contributed by atoms with E-state index in [1.165, 1.54) is 19.3 Å². The third-order valence-corrected chi connectivity index (χ3v) is 3.60. The van der Waals surface area contributed by atoms with Crippen LogP contribution in [0.15, 0.2) is 0 Å². The molecule has 0 amide bonds. The van der Waals surface area contributed by atoms with Crippen LogP contribution in [0.2, 0.25) is 0 Å². The predicted molar refractivity (Wildman–Crippen MR) is 43.9 cm³/mol. The zero-order chi connectivity index (χ0) is 7.03. The molecule has 2 fully saturated rings. The minimum Gasteiger partial charge on any atom is -0.0625 e. The zero-order valence-electron chi connectivity index (χ0n) is 7.03. The lowest BCUT2D eigenvalue weighted by atomic mass is 9.59. The van der Waals surface area contributed by atoms with E-state index in [0.717, 1.165) is 11.3 Å². The molecule has 0 aliphatic heterocycles. The largest absolute Gasteiger partial charge is 0.0625 e. The minimum atomic E-state index is 0.873. The Hall–Kier alpha value is 0. The Morgan fingerprint density at radius 2 is 1.80 bits per heavy atom. The van der Waals surface area contributed by atoms with Gasteiger partial charge in [-0.25, -0.2) is 0 Å². The molecule has 0 saturated heterocycles. The van der Waals surface area contributed by atoms with E-state index in [4.69, 9.17) is 0 Å². The number of hydrogen-bond acceptors (Lipinski definition) is 0. The van der Waals surface area contributed by atoms with Crippen molar-refractivity contribution in [2.45, 2.75) is 51.9 Å². The Kier molecular flexibility index (Phi) is 1.51. The maximum absolute atomic E-state index is 2.43. The van der Waals surface area contributed by atoms with E-state index in [0.29, 0.717) is 0 Å². The Labute approximate surface area is 64.0 Å². The molecule has 0 radical (unpaired) electrons. The number of rotatable bonds is 0. The minimum absolute atomic E-state index is 0.873. The molecule has 2 aliphatic carbocycles. The molecule has 0 aromatic heterocycles. The van der Waals surface area contributed by atoms with Gasteiger partial charge in [0.25, 0.3) is 0 Å². The Bertz CT molecular complexity index is 122. The van der Waals surface area contributed by atoms with Crippen molar-refractivity contribution >= 4 is 0 Å². The molecule has 0 nitrogen and oxygen atoms in total. The van der Waals surface area contributed by atoms with Gasteiger partial charge in [-0.1, -0.05) is 26.2 Å². The van der Waals surface area contributed by atoms with Gasteiger partial charge >= 0.3 is 0 Å². The van der Waals surface area contributed by atoms with Crippen LogP contribution in [0.1, 0.15) is 51.9 Å². The molecule has 2 rings (SSSR count). The molecule has 0 aromatic rings. The van der Waals surface area contributed by atoms with Gasteiger partial charge in [0.05, 0.1) is 0 Å². The second-order valence-corrected chi connectivity index (χ2v) is 4.56. The lowest BCUT2D eigenvalue weighted by Gasteiger charge is -2.47. The summed E-state index contributed by atoms with van der Waals surface area (Å²) in [6.07, 6.45) is 10.7. The van der Waals surface area contributed by atoms with E-state index in [1.54, 1.807) is 25.7 Å². The molecular weight excluding hydrogens is 120 g/mol. The topological polar surface area (TPSA) is 0 Å². The molecule has 1 spiro atoms. The first-order chi connectivity index (χ1) is 4.81. The highest BCUT2D eigenvalue weighted by Gasteiger charge is 2.39. The van der Waals surface area contributed by atoms with Crippen LogP contribution in [0, 0.1) is 11.3 Å². The molecule has 1 unspecified atom stereocenters. The second kappa shape index (κ2) is 2.25. The van der Waals surface area contributed by atoms with Crippen LogP contribution < -0.4 is 0 Å². The second-order valence-electron chi connectivity index (χ2n) is 4.56. The van der Waals surface area contributed by atoms with Gasteiger partial charge in [0.15, 0.2) is 0 Å². The quantitative estimate of drug-likeness (QED) is 0.481. The molecule has 2 aliphatic rings. The number of hydrogen-bond donors (Lipinski definition) is 0. The first kappa shape index (κ1) is 6.69. The van der Waals surface area contributed by atoms with Crippen molar-refractivity contribution in [3.63, 3.8) is 0 Å². The highest BCUT2D eigenvalue weighted by Crippen LogP contribution is 2.52. The van der Waals surface area contributed by atoms with Gasteiger partial charge in [0, 0.05) is 0 Å². The van der Waals surface area contributed by atoms with Crippen LogP contribution in [-0.4, -0.2) is 0 Å². The van der Waals surface area contributed by atoms with E-state index < -0.39 is 0 Å². The van der Waals surface area contributed by atoms with Crippen LogP contribution >= 0.6 is 0 Å². The molecule has 0 heteroatoms. The average molecular weight is 138 g/mol. The maximum Gasteiger partial charge on any atom is -0.0295 e. The third-order valence-electron chi connectivity index (χ3n) is 3.60. The van der Waals surface area contributed by atoms with Crippen molar-refractivity contribution < 1.29 is 0 Å². The van der Waals surface area contributed by atoms with E-state index in [9.17, 15) is 0 Å². The summed E-state index contributed by atoms with van der Waals surface area (Å²) in [5.41, 5.74) is 0.873. The fraction of sp³-hybridized carbons (Fsp3) is 1.00. The van der Waals surface area contributed by atoms with Crippen molar-refractivity contribution in [1.82, 2.24) is 0 Å². The maximum atomic E-state index is 2.43. The Morgan fingerprint density at radius 3 is 2.20 bits per heavy atom. The van der Waals surface area contributed by atoms with Gasteiger partial charge in [0.1, 0.15) is 0 Å². The van der Waals surface area contributed by atoms with E-state index >= 15 is 0 Å². The van der Waals surface area contributed by atoms with Gasteiger partial charge in [0.2, 0.25) is 0 Å². The summed E-state index contributed by atoms with van der Waals surface area (Å²) >= 11 is 0. The van der Waals surface area contributed by atoms with Gasteiger partial charge < -0.3 is 0 Å². The summed E-state index contributed by atoms with van der Waals surface area (Å²) in [4.78, 5) is 0. The molecule has 2 saturated carbocycles. The Balaban J connectivity index is 1.96. The SMILES string of the molecule is CC1CCCC2(CCC2)C1. The van der Waals surface area contributed by atoms with Crippen LogP contribution in [0.3, 0.4) is 0 Å². The smallest absolute Gasteiger partial charge is 0.0295 e. The molecule has 1 atom stereocenters. The summed E-state index contributed by atoms with van der Waals surface area (Å²) in [6, 6.07) is 0. The van der Waals surface area contributed by atoms with Crippen molar-refractivity contribution in [1.29, 1.82) is 0 Å². The normalized spacial score (nSPS) is 37.5. The van der Waals surface area contributed by atoms with E-state index in [1.807, 2.05) is 0 Å². The van der Waals surface area contributed by atoms with Crippen LogP contribution in [-0.2, 0) is 0 Å². The van der Waals surface area contributed by atoms with Crippen molar-refractivity contribution in [3.8, 4) is 0 Å². The van der Waals surface area contributed by atoms with Gasteiger partial charge in [-0.3, -0.25) is 0 Å². The van der Waals surface area contributed by atoms with Crippen LogP contribution in [0.5, 0.6) is 0 Å². The van der Waals surface area contributed by atoms with Gasteiger partial charge in [-0.05, 0) is 37.0 Å². The summed E-state index contributed by atoms with van der Waals surface area (Å²) < 4.78 is 0. The monoisotopic (exact) mass is 138 g/mol. The van der Waals surface area contributed by atoms with Crippen LogP contribution in [0.25, 0.3) is 0 Å². The Morgan fingerprint density at radius 1 is 1.10 bits per heavy atom. The van der Waals surface area contributed by atoms with Crippen molar-refractivity contribution in [2.75, 3.05) is 0 Å². The molecule has 0 bridgehead atoms. The highest BCUT2D eigenvalue weighted by molar-refractivity contribution is 4.91. The molecule has 10 heavy (non-hydrogen) atoms. The highest BCUT2D eigenvalue weighted by atomic mass is 14.4. The summed E-state index contributed by atoms with van der Waals surface area (Å²) in [7, 11) is 0. The van der Waals surface area contributed by atoms with Gasteiger partial charge in [-0.2, -0.15) is 0 Å². The summed E-state index contributed by atoms with van der Waals surface area (Å²) in [5, 5.41) is 0. The van der Waals surface area contributed by atoms with Crippen molar-refractivity contribution in [3.05, 3.63) is 0 Å². The molecule has 58 valence electrons. The lowest BCUT2D eigenvalue weighted by molar-refractivity contribution is 0.0515. The zero-order valence-corrected chi connectivity index (χ0v) is 7.03. The first-order valence-electron chi connectivity index (χ1n) is 4.81. The lowest BCUT2D eigenvalue weighted by Crippen LogP contribution is -2.34. The summed E-state index contributed by atoms with van der Waals surface area (Å²) in [6.45, 7) is 2.43.